The second-order valence-electron chi connectivity index (χ2n) is 5.64. The summed E-state index contributed by atoms with van der Waals surface area (Å²) in [7, 11) is -0.636. The molecule has 0 fully saturated rings. The Morgan fingerprint density at radius 1 is 0.550 bits per heavy atom. The van der Waals surface area contributed by atoms with Gasteiger partial charge in [-0.1, -0.05) is 78.1 Å². The highest BCUT2D eigenvalue weighted by molar-refractivity contribution is 7.46. The van der Waals surface area contributed by atoms with E-state index >= 15 is 0 Å². The molecule has 0 aliphatic heterocycles. The average Bonchev–Trinajstić information content (AvgIpc) is 2.45. The molecule has 0 spiro atoms. The molecule has 0 amide bonds. The topological polar surface area (TPSA) is 18.5 Å². The van der Waals surface area contributed by atoms with Gasteiger partial charge in [-0.3, -0.25) is 0 Å². The van der Waals surface area contributed by atoms with E-state index in [-0.39, 0.29) is 0 Å². The van der Waals surface area contributed by atoms with Gasteiger partial charge in [-0.05, 0) is 12.8 Å². The molecule has 3 heteroatoms. The average molecular weight is 304 g/mol. The Balaban J connectivity index is 3.11. The van der Waals surface area contributed by atoms with Gasteiger partial charge < -0.3 is 9.05 Å². The number of unbranched alkanes of at least 4 members (excludes halogenated alkanes) is 10. The van der Waals surface area contributed by atoms with Crippen LogP contribution < -0.4 is 0 Å². The number of hydrogen-bond acceptors (Lipinski definition) is 2. The highest BCUT2D eigenvalue weighted by Gasteiger charge is 2.02. The van der Waals surface area contributed by atoms with E-state index in [1.165, 1.54) is 77.0 Å². The summed E-state index contributed by atoms with van der Waals surface area (Å²) in [6, 6.07) is 0. The molecule has 0 radical (unpaired) electrons. The zero-order valence-corrected chi connectivity index (χ0v) is 15.1. The molecule has 0 N–H and O–H groups in total. The van der Waals surface area contributed by atoms with Crippen molar-refractivity contribution in [1.82, 2.24) is 0 Å². The number of rotatable bonds is 16. The Labute approximate surface area is 128 Å². The molecule has 0 bridgehead atoms. The van der Waals surface area contributed by atoms with Crippen LogP contribution in [0.1, 0.15) is 90.9 Å². The smallest absolute Gasteiger partial charge is 0.167 e. The van der Waals surface area contributed by atoms with Gasteiger partial charge in [-0.25, -0.2) is 0 Å². The Morgan fingerprint density at radius 2 is 0.900 bits per heavy atom. The molecule has 0 unspecified atom stereocenters. The molecule has 0 aromatic heterocycles. The van der Waals surface area contributed by atoms with E-state index < -0.39 is 8.38 Å². The van der Waals surface area contributed by atoms with E-state index in [1.54, 1.807) is 0 Å². The fourth-order valence-electron chi connectivity index (χ4n) is 2.19. The second-order valence-corrected chi connectivity index (χ2v) is 7.04. The molecule has 0 saturated heterocycles. The molecule has 0 aromatic carbocycles. The molecular formula is C17H37O2P. The summed E-state index contributed by atoms with van der Waals surface area (Å²) in [4.78, 5) is 0. The summed E-state index contributed by atoms with van der Waals surface area (Å²) in [5.41, 5.74) is 0. The lowest BCUT2D eigenvalue weighted by Gasteiger charge is -2.13. The van der Waals surface area contributed by atoms with Gasteiger partial charge in [0.25, 0.3) is 0 Å². The van der Waals surface area contributed by atoms with Crippen molar-refractivity contribution >= 4 is 8.38 Å². The van der Waals surface area contributed by atoms with Crippen molar-refractivity contribution in [2.75, 3.05) is 19.9 Å². The molecule has 2 nitrogen and oxygen atoms in total. The largest absolute Gasteiger partial charge is 0.334 e. The van der Waals surface area contributed by atoms with Crippen LogP contribution in [0.15, 0.2) is 0 Å². The lowest BCUT2D eigenvalue weighted by atomic mass is 10.1. The maximum atomic E-state index is 5.74. The molecule has 0 aliphatic rings. The zero-order chi connectivity index (χ0) is 14.9. The van der Waals surface area contributed by atoms with Crippen LogP contribution in [0.2, 0.25) is 0 Å². The predicted octanol–water partition coefficient (Wildman–Crippen LogP) is 6.68. The summed E-state index contributed by atoms with van der Waals surface area (Å²) >= 11 is 0. The Kier molecular flexibility index (Phi) is 17.7. The van der Waals surface area contributed by atoms with E-state index in [1.807, 2.05) is 0 Å². The molecule has 20 heavy (non-hydrogen) atoms. The molecule has 0 rings (SSSR count). The molecular weight excluding hydrogens is 267 g/mol. The lowest BCUT2D eigenvalue weighted by Crippen LogP contribution is -1.95. The first-order valence-corrected chi connectivity index (χ1v) is 10.4. The first kappa shape index (κ1) is 20.3. The maximum Gasteiger partial charge on any atom is 0.167 e. The third-order valence-electron chi connectivity index (χ3n) is 3.54. The molecule has 122 valence electrons. The van der Waals surface area contributed by atoms with Crippen LogP contribution in [0.25, 0.3) is 0 Å². The second kappa shape index (κ2) is 17.4. The van der Waals surface area contributed by atoms with E-state index in [2.05, 4.69) is 20.5 Å². The zero-order valence-electron chi connectivity index (χ0n) is 14.2. The van der Waals surface area contributed by atoms with Crippen LogP contribution in [-0.4, -0.2) is 19.9 Å². The fraction of sp³-hybridized carbons (Fsp3) is 1.00. The summed E-state index contributed by atoms with van der Waals surface area (Å²) in [5, 5.41) is 0. The maximum absolute atomic E-state index is 5.74. The normalized spacial score (nSPS) is 11.4. The SMILES string of the molecule is CCCCCCCCOP(C)OCCCCCCCC. The van der Waals surface area contributed by atoms with E-state index in [0.717, 1.165) is 13.2 Å². The first-order valence-electron chi connectivity index (χ1n) is 8.80. The van der Waals surface area contributed by atoms with E-state index in [9.17, 15) is 0 Å². The minimum Gasteiger partial charge on any atom is -0.334 e. The standard InChI is InChI=1S/C17H37O2P/c1-4-6-8-10-12-14-16-18-20(3)19-17-15-13-11-9-7-5-2/h4-17H2,1-3H3. The van der Waals surface area contributed by atoms with Gasteiger partial charge >= 0.3 is 0 Å². The van der Waals surface area contributed by atoms with Gasteiger partial charge in [0.05, 0.1) is 13.2 Å². The van der Waals surface area contributed by atoms with Crippen molar-refractivity contribution in [2.24, 2.45) is 0 Å². The van der Waals surface area contributed by atoms with Crippen LogP contribution in [0, 0.1) is 0 Å². The minimum absolute atomic E-state index is 0.636. The quantitative estimate of drug-likeness (QED) is 0.234. The number of hydrogen-bond donors (Lipinski definition) is 0. The molecule has 0 saturated carbocycles. The van der Waals surface area contributed by atoms with Gasteiger partial charge in [0.2, 0.25) is 0 Å². The van der Waals surface area contributed by atoms with Crippen LogP contribution >= 0.6 is 8.38 Å². The highest BCUT2D eigenvalue weighted by Crippen LogP contribution is 2.33. The molecule has 0 atom stereocenters. The van der Waals surface area contributed by atoms with Crippen molar-refractivity contribution in [3.05, 3.63) is 0 Å². The monoisotopic (exact) mass is 304 g/mol. The molecule has 0 heterocycles. The van der Waals surface area contributed by atoms with Crippen LogP contribution in [0.3, 0.4) is 0 Å². The predicted molar refractivity (Wildman–Crippen MR) is 91.5 cm³/mol. The van der Waals surface area contributed by atoms with Crippen LogP contribution in [0.5, 0.6) is 0 Å². The minimum atomic E-state index is -0.636. The summed E-state index contributed by atoms with van der Waals surface area (Å²) in [6.45, 7) is 8.36. The fourth-order valence-corrected chi connectivity index (χ4v) is 3.04. The Hall–Kier alpha value is 0.350. The van der Waals surface area contributed by atoms with Gasteiger partial charge in [0, 0.05) is 6.66 Å². The lowest BCUT2D eigenvalue weighted by molar-refractivity contribution is 0.243. The van der Waals surface area contributed by atoms with Crippen LogP contribution in [0.4, 0.5) is 0 Å². The van der Waals surface area contributed by atoms with Crippen molar-refractivity contribution in [3.8, 4) is 0 Å². The van der Waals surface area contributed by atoms with Gasteiger partial charge in [-0.2, -0.15) is 0 Å². The summed E-state index contributed by atoms with van der Waals surface area (Å²) in [6.07, 6.45) is 15.9. The third-order valence-corrected chi connectivity index (χ3v) is 4.63. The van der Waals surface area contributed by atoms with Gasteiger partial charge in [0.1, 0.15) is 0 Å². The van der Waals surface area contributed by atoms with Crippen LogP contribution in [-0.2, 0) is 9.05 Å². The van der Waals surface area contributed by atoms with Gasteiger partial charge in [-0.15, -0.1) is 0 Å². The van der Waals surface area contributed by atoms with E-state index in [4.69, 9.17) is 9.05 Å². The Bertz CT molecular complexity index is 158. The third kappa shape index (κ3) is 16.4. The van der Waals surface area contributed by atoms with Crippen molar-refractivity contribution in [2.45, 2.75) is 90.9 Å². The molecule has 0 aliphatic carbocycles. The Morgan fingerprint density at radius 3 is 1.30 bits per heavy atom. The first-order chi connectivity index (χ1) is 9.81. The summed E-state index contributed by atoms with van der Waals surface area (Å²) < 4.78 is 11.5. The van der Waals surface area contributed by atoms with Gasteiger partial charge in [0.15, 0.2) is 8.38 Å². The highest BCUT2D eigenvalue weighted by atomic mass is 31.2. The summed E-state index contributed by atoms with van der Waals surface area (Å²) in [5.74, 6) is 0. The van der Waals surface area contributed by atoms with Crippen molar-refractivity contribution in [3.63, 3.8) is 0 Å². The van der Waals surface area contributed by atoms with Crippen molar-refractivity contribution < 1.29 is 9.05 Å². The van der Waals surface area contributed by atoms with Crippen molar-refractivity contribution in [1.29, 1.82) is 0 Å². The molecule has 0 aromatic rings. The van der Waals surface area contributed by atoms with E-state index in [0.29, 0.717) is 0 Å².